The van der Waals surface area contributed by atoms with Crippen molar-refractivity contribution in [2.45, 2.75) is 20.4 Å². The highest BCUT2D eigenvalue weighted by Gasteiger charge is 2.12. The Balaban J connectivity index is 2.28. The molecule has 0 bridgehead atoms. The molecule has 0 aliphatic carbocycles. The summed E-state index contributed by atoms with van der Waals surface area (Å²) in [6.07, 6.45) is 2.90. The van der Waals surface area contributed by atoms with E-state index in [-0.39, 0.29) is 18.0 Å². The molecule has 0 saturated carbocycles. The van der Waals surface area contributed by atoms with Gasteiger partial charge in [0.05, 0.1) is 11.9 Å². The largest absolute Gasteiger partial charge is 0.342 e. The van der Waals surface area contributed by atoms with Gasteiger partial charge in [-0.15, -0.1) is 0 Å². The Morgan fingerprint density at radius 1 is 1.19 bits per heavy atom. The van der Waals surface area contributed by atoms with Crippen LogP contribution in [0.4, 0.5) is 0 Å². The molecule has 1 amide bonds. The molecule has 1 aromatic heterocycles. The smallest absolute Gasteiger partial charge is 0.269 e. The molecular formula is C16H19N3O2. The van der Waals surface area contributed by atoms with Gasteiger partial charge in [0, 0.05) is 24.8 Å². The second-order valence-electron chi connectivity index (χ2n) is 4.67. The molecule has 110 valence electrons. The van der Waals surface area contributed by atoms with Crippen LogP contribution < -0.4 is 5.56 Å². The van der Waals surface area contributed by atoms with Crippen LogP contribution in [0.15, 0.2) is 47.5 Å². The van der Waals surface area contributed by atoms with E-state index in [4.69, 9.17) is 0 Å². The maximum Gasteiger partial charge on any atom is 0.269 e. The lowest BCUT2D eigenvalue weighted by Gasteiger charge is -2.19. The van der Waals surface area contributed by atoms with E-state index in [1.165, 1.54) is 10.8 Å². The van der Waals surface area contributed by atoms with E-state index in [2.05, 4.69) is 4.98 Å². The molecule has 0 unspecified atom stereocenters. The molecule has 0 atom stereocenters. The fraction of sp³-hybridized carbons (Fsp3) is 0.312. The van der Waals surface area contributed by atoms with Crippen LogP contribution >= 0.6 is 0 Å². The lowest BCUT2D eigenvalue weighted by Crippen LogP contribution is -2.36. The van der Waals surface area contributed by atoms with Crippen molar-refractivity contribution in [3.05, 3.63) is 53.1 Å². The normalized spacial score (nSPS) is 10.4. The van der Waals surface area contributed by atoms with Crippen molar-refractivity contribution < 1.29 is 4.79 Å². The van der Waals surface area contributed by atoms with Crippen LogP contribution in [0.3, 0.4) is 0 Å². The number of hydrogen-bond donors (Lipinski definition) is 0. The van der Waals surface area contributed by atoms with Gasteiger partial charge in [-0.05, 0) is 13.8 Å². The van der Waals surface area contributed by atoms with Crippen LogP contribution in [-0.4, -0.2) is 33.4 Å². The lowest BCUT2D eigenvalue weighted by molar-refractivity contribution is -0.131. The Labute approximate surface area is 123 Å². The Bertz CT molecular complexity index is 661. The van der Waals surface area contributed by atoms with E-state index < -0.39 is 0 Å². The van der Waals surface area contributed by atoms with Gasteiger partial charge in [0.15, 0.2) is 0 Å². The van der Waals surface area contributed by atoms with E-state index in [9.17, 15) is 9.59 Å². The average molecular weight is 285 g/mol. The zero-order valence-corrected chi connectivity index (χ0v) is 12.3. The molecule has 0 N–H and O–H groups in total. The minimum atomic E-state index is -0.268. The number of nitrogens with zero attached hydrogens (tertiary/aromatic N) is 3. The van der Waals surface area contributed by atoms with E-state index in [1.807, 2.05) is 44.2 Å². The molecule has 1 aromatic carbocycles. The van der Waals surface area contributed by atoms with Crippen LogP contribution in [0, 0.1) is 0 Å². The summed E-state index contributed by atoms with van der Waals surface area (Å²) < 4.78 is 1.41. The van der Waals surface area contributed by atoms with Gasteiger partial charge >= 0.3 is 0 Å². The first-order valence-electron chi connectivity index (χ1n) is 7.05. The number of carbonyl (C=O) groups is 1. The van der Waals surface area contributed by atoms with Crippen LogP contribution in [0.1, 0.15) is 13.8 Å². The molecular weight excluding hydrogens is 266 g/mol. The van der Waals surface area contributed by atoms with Gasteiger partial charge in [0.25, 0.3) is 5.56 Å². The maximum atomic E-state index is 12.1. The average Bonchev–Trinajstić information content (AvgIpc) is 2.51. The van der Waals surface area contributed by atoms with Crippen molar-refractivity contribution in [1.29, 1.82) is 0 Å². The summed E-state index contributed by atoms with van der Waals surface area (Å²) in [5.74, 6) is -0.0627. The zero-order valence-electron chi connectivity index (χ0n) is 12.3. The molecule has 2 rings (SSSR count). The Kier molecular flexibility index (Phi) is 4.87. The summed E-state index contributed by atoms with van der Waals surface area (Å²) in [4.78, 5) is 29.8. The summed E-state index contributed by atoms with van der Waals surface area (Å²) in [5.41, 5.74) is 1.33. The number of likely N-dealkylation sites (N-methyl/N-ethyl adjacent to an activating group) is 1. The summed E-state index contributed by atoms with van der Waals surface area (Å²) in [6, 6.07) is 9.58. The second-order valence-corrected chi connectivity index (χ2v) is 4.67. The van der Waals surface area contributed by atoms with E-state index in [1.54, 1.807) is 11.1 Å². The Morgan fingerprint density at radius 2 is 1.86 bits per heavy atom. The summed E-state index contributed by atoms with van der Waals surface area (Å²) in [5, 5.41) is 0. The minimum Gasteiger partial charge on any atom is -0.342 e. The van der Waals surface area contributed by atoms with Crippen molar-refractivity contribution in [2.75, 3.05) is 13.1 Å². The molecule has 0 aliphatic heterocycles. The van der Waals surface area contributed by atoms with Crippen molar-refractivity contribution >= 4 is 5.91 Å². The first-order valence-corrected chi connectivity index (χ1v) is 7.05. The van der Waals surface area contributed by atoms with Gasteiger partial charge in [0.1, 0.15) is 6.54 Å². The van der Waals surface area contributed by atoms with Crippen molar-refractivity contribution in [3.63, 3.8) is 0 Å². The molecule has 0 radical (unpaired) electrons. The van der Waals surface area contributed by atoms with Gasteiger partial charge in [-0.1, -0.05) is 30.3 Å². The minimum absolute atomic E-state index is 0.0445. The summed E-state index contributed by atoms with van der Waals surface area (Å²) in [7, 11) is 0. The first-order chi connectivity index (χ1) is 10.2. The van der Waals surface area contributed by atoms with Crippen molar-refractivity contribution in [1.82, 2.24) is 14.5 Å². The zero-order chi connectivity index (χ0) is 15.2. The molecule has 1 heterocycles. The van der Waals surface area contributed by atoms with E-state index >= 15 is 0 Å². The van der Waals surface area contributed by atoms with Gasteiger partial charge in [-0.25, -0.2) is 4.98 Å². The summed E-state index contributed by atoms with van der Waals surface area (Å²) >= 11 is 0. The molecule has 21 heavy (non-hydrogen) atoms. The number of hydrogen-bond acceptors (Lipinski definition) is 3. The van der Waals surface area contributed by atoms with Gasteiger partial charge in [0.2, 0.25) is 5.91 Å². The molecule has 0 spiro atoms. The van der Waals surface area contributed by atoms with Crippen molar-refractivity contribution in [3.8, 4) is 11.3 Å². The summed E-state index contributed by atoms with van der Waals surface area (Å²) in [6.45, 7) is 5.17. The Morgan fingerprint density at radius 3 is 2.48 bits per heavy atom. The third kappa shape index (κ3) is 3.56. The highest BCUT2D eigenvalue weighted by Crippen LogP contribution is 2.14. The molecule has 5 heteroatoms. The number of benzene rings is 1. The van der Waals surface area contributed by atoms with Crippen LogP contribution in [0.2, 0.25) is 0 Å². The third-order valence-electron chi connectivity index (χ3n) is 3.37. The predicted molar refractivity (Wildman–Crippen MR) is 81.9 cm³/mol. The Hall–Kier alpha value is -2.43. The molecule has 5 nitrogen and oxygen atoms in total. The highest BCUT2D eigenvalue weighted by atomic mass is 16.2. The van der Waals surface area contributed by atoms with Gasteiger partial charge in [-0.2, -0.15) is 0 Å². The number of aromatic nitrogens is 2. The van der Waals surface area contributed by atoms with E-state index in [0.29, 0.717) is 18.8 Å². The maximum absolute atomic E-state index is 12.1. The fourth-order valence-corrected chi connectivity index (χ4v) is 2.15. The quantitative estimate of drug-likeness (QED) is 0.841. The third-order valence-corrected chi connectivity index (χ3v) is 3.37. The van der Waals surface area contributed by atoms with Crippen molar-refractivity contribution in [2.24, 2.45) is 0 Å². The standard InChI is InChI=1S/C16H19N3O2/c1-3-18(4-2)16(21)12-19-11-14(17-10-15(19)20)13-8-6-5-7-9-13/h5-11H,3-4,12H2,1-2H3. The number of amides is 1. The monoisotopic (exact) mass is 285 g/mol. The number of rotatable bonds is 5. The second kappa shape index (κ2) is 6.83. The van der Waals surface area contributed by atoms with Crippen LogP contribution in [0.5, 0.6) is 0 Å². The van der Waals surface area contributed by atoms with Gasteiger partial charge < -0.3 is 9.47 Å². The molecule has 2 aromatic rings. The topological polar surface area (TPSA) is 55.2 Å². The molecule has 0 saturated heterocycles. The fourth-order valence-electron chi connectivity index (χ4n) is 2.15. The van der Waals surface area contributed by atoms with Gasteiger partial charge in [-0.3, -0.25) is 9.59 Å². The number of carbonyl (C=O) groups excluding carboxylic acids is 1. The highest BCUT2D eigenvalue weighted by molar-refractivity contribution is 5.76. The SMILES string of the molecule is CCN(CC)C(=O)Cn1cc(-c2ccccc2)ncc1=O. The first kappa shape index (κ1) is 15.0. The van der Waals surface area contributed by atoms with Crippen LogP contribution in [-0.2, 0) is 11.3 Å². The van der Waals surface area contributed by atoms with Crippen LogP contribution in [0.25, 0.3) is 11.3 Å². The lowest BCUT2D eigenvalue weighted by atomic mass is 10.2. The van der Waals surface area contributed by atoms with E-state index in [0.717, 1.165) is 5.56 Å². The predicted octanol–water partition coefficient (Wildman–Crippen LogP) is 1.78. The molecule has 0 fully saturated rings. The molecule has 0 aliphatic rings.